The van der Waals surface area contributed by atoms with Crippen molar-refractivity contribution in [1.29, 1.82) is 0 Å². The monoisotopic (exact) mass is 775 g/mol. The fourth-order valence-corrected chi connectivity index (χ4v) is 9.34. The molecule has 12 nitrogen and oxygen atoms in total. The average molecular weight is 776 g/mol. The maximum Gasteiger partial charge on any atom is 0.329 e. The van der Waals surface area contributed by atoms with Crippen LogP contribution in [-0.4, -0.2) is 115 Å². The second-order valence-electron chi connectivity index (χ2n) is 17.1. The summed E-state index contributed by atoms with van der Waals surface area (Å²) in [5.41, 5.74) is 1.76. The van der Waals surface area contributed by atoms with E-state index in [9.17, 15) is 29.4 Å². The zero-order valence-corrected chi connectivity index (χ0v) is 34.8. The molecule has 0 spiro atoms. The number of carbonyl (C=O) groups is 4. The van der Waals surface area contributed by atoms with Crippen LogP contribution in [0.15, 0.2) is 23.3 Å². The molecule has 3 aliphatic heterocycles. The van der Waals surface area contributed by atoms with Gasteiger partial charge in [-0.3, -0.25) is 14.4 Å². The van der Waals surface area contributed by atoms with Crippen LogP contribution < -0.4 is 0 Å². The van der Waals surface area contributed by atoms with Crippen molar-refractivity contribution < 1.29 is 53.1 Å². The van der Waals surface area contributed by atoms with Crippen molar-refractivity contribution in [2.24, 2.45) is 29.6 Å². The highest BCUT2D eigenvalue weighted by atomic mass is 16.7. The third-order valence-corrected chi connectivity index (χ3v) is 12.8. The van der Waals surface area contributed by atoms with Crippen molar-refractivity contribution in [3.05, 3.63) is 23.3 Å². The number of Topliss-reactive ketones (excluding diaryl/α,β-unsaturated/α-hetero) is 2. The number of amides is 1. The number of allylic oxidation sites excluding steroid dienone is 3. The highest BCUT2D eigenvalue weighted by molar-refractivity contribution is 6.39. The number of cyclic esters (lactones) is 1. The molecule has 3 heterocycles. The number of aliphatic hydroxyl groups is 2. The number of piperidine rings is 1. The molecular formula is C43H69NO11. The number of methoxy groups -OCH3 is 3. The lowest BCUT2D eigenvalue weighted by atomic mass is 9.79. The van der Waals surface area contributed by atoms with Gasteiger partial charge < -0.3 is 38.8 Å². The molecule has 0 aromatic carbocycles. The Bertz CT molecular complexity index is 1400. The number of nitrogens with zero attached hydrogens (tertiary/aromatic N) is 1. The molecule has 55 heavy (non-hydrogen) atoms. The minimum Gasteiger partial charge on any atom is -0.456 e. The molecule has 1 saturated carbocycles. The number of rotatable bonds is 6. The zero-order valence-electron chi connectivity index (χ0n) is 34.8. The Balaban J connectivity index is 1.73. The van der Waals surface area contributed by atoms with Crippen LogP contribution in [0.5, 0.6) is 0 Å². The fourth-order valence-electron chi connectivity index (χ4n) is 9.34. The highest BCUT2D eigenvalue weighted by Crippen LogP contribution is 2.39. The lowest BCUT2D eigenvalue weighted by molar-refractivity contribution is -0.302. The van der Waals surface area contributed by atoms with Gasteiger partial charge in [0, 0.05) is 52.6 Å². The van der Waals surface area contributed by atoms with E-state index in [1.165, 1.54) is 4.90 Å². The maximum atomic E-state index is 14.2. The van der Waals surface area contributed by atoms with Crippen LogP contribution in [0.25, 0.3) is 0 Å². The van der Waals surface area contributed by atoms with Gasteiger partial charge in [-0.25, -0.2) is 4.79 Å². The highest BCUT2D eigenvalue weighted by Gasteiger charge is 2.56. The van der Waals surface area contributed by atoms with Gasteiger partial charge in [-0.2, -0.15) is 0 Å². The second kappa shape index (κ2) is 20.3. The van der Waals surface area contributed by atoms with E-state index in [1.54, 1.807) is 28.3 Å². The van der Waals surface area contributed by atoms with Crippen molar-refractivity contribution in [3.8, 4) is 0 Å². The van der Waals surface area contributed by atoms with E-state index in [0.717, 1.165) is 30.4 Å². The van der Waals surface area contributed by atoms with Gasteiger partial charge in [0.05, 0.1) is 24.4 Å². The van der Waals surface area contributed by atoms with Crippen LogP contribution in [0.4, 0.5) is 0 Å². The predicted octanol–water partition coefficient (Wildman–Crippen LogP) is 5.50. The Morgan fingerprint density at radius 1 is 0.927 bits per heavy atom. The lowest BCUT2D eigenvalue weighted by Gasteiger charge is -2.47. The Kier molecular flexibility index (Phi) is 16.7. The molecular weight excluding hydrogens is 706 g/mol. The fraction of sp³-hybridized carbons (Fsp3) is 0.814. The molecule has 4 rings (SSSR count). The smallest absolute Gasteiger partial charge is 0.329 e. The van der Waals surface area contributed by atoms with Crippen molar-refractivity contribution in [3.63, 3.8) is 0 Å². The first-order valence-corrected chi connectivity index (χ1v) is 20.7. The minimum absolute atomic E-state index is 0.00201. The second-order valence-corrected chi connectivity index (χ2v) is 17.1. The molecule has 0 radical (unpaired) electrons. The van der Waals surface area contributed by atoms with E-state index in [0.29, 0.717) is 38.0 Å². The summed E-state index contributed by atoms with van der Waals surface area (Å²) in [7, 11) is 4.80. The first-order valence-electron chi connectivity index (χ1n) is 20.7. The summed E-state index contributed by atoms with van der Waals surface area (Å²) < 4.78 is 29.9. The quantitative estimate of drug-likeness (QED) is 0.199. The third kappa shape index (κ3) is 11.1. The molecule has 0 aromatic heterocycles. The average Bonchev–Trinajstić information content (AvgIpc) is 3.16. The Hall–Kier alpha value is -2.48. The van der Waals surface area contributed by atoms with Gasteiger partial charge in [-0.1, -0.05) is 45.4 Å². The molecule has 12 heteroatoms. The standard InChI is InChI=1S/C43H69NO11/c1-10-31-18-25(2)17-26(3)19-37(52-8)39-38(53-9)21-29(6)43(50,55-39)40(47)41(48)44-16-12-11-13-33(44)42(49)54-36(24-32(45)23-34(31)46)28(5)20-30-15-14-27(4)35(22-30)51-7/h18,20,26-27,29-33,35-39,45,50H,10-17,19,21-24H2,1-9H3/b25-18+,28-20+/t26-,27-,29+,30-,31+,32-,33-,35+,36-,37-,38-,39+,43+/m0/s1. The number of hydrogen-bond acceptors (Lipinski definition) is 11. The zero-order chi connectivity index (χ0) is 40.6. The first kappa shape index (κ1) is 45.2. The Morgan fingerprint density at radius 3 is 2.25 bits per heavy atom. The van der Waals surface area contributed by atoms with Crippen LogP contribution in [0, 0.1) is 29.6 Å². The van der Waals surface area contributed by atoms with Gasteiger partial charge >= 0.3 is 5.97 Å². The molecule has 13 atom stereocenters. The summed E-state index contributed by atoms with van der Waals surface area (Å²) in [6, 6.07) is -1.09. The van der Waals surface area contributed by atoms with E-state index < -0.39 is 71.8 Å². The summed E-state index contributed by atoms with van der Waals surface area (Å²) in [6.07, 6.45) is 6.25. The van der Waals surface area contributed by atoms with Gasteiger partial charge in [-0.05, 0) is 101 Å². The molecule has 1 amide bonds. The van der Waals surface area contributed by atoms with Gasteiger partial charge in [0.15, 0.2) is 0 Å². The van der Waals surface area contributed by atoms with Crippen LogP contribution in [-0.2, 0) is 42.9 Å². The summed E-state index contributed by atoms with van der Waals surface area (Å²) >= 11 is 0. The number of ketones is 2. The van der Waals surface area contributed by atoms with E-state index in [4.69, 9.17) is 23.7 Å². The summed E-state index contributed by atoms with van der Waals surface area (Å²) in [6.45, 7) is 11.8. The largest absolute Gasteiger partial charge is 0.456 e. The molecule has 3 fully saturated rings. The third-order valence-electron chi connectivity index (χ3n) is 12.8. The van der Waals surface area contributed by atoms with Crippen LogP contribution in [0.2, 0.25) is 0 Å². The van der Waals surface area contributed by atoms with Gasteiger partial charge in [0.2, 0.25) is 5.79 Å². The van der Waals surface area contributed by atoms with Crippen molar-refractivity contribution >= 4 is 23.4 Å². The van der Waals surface area contributed by atoms with Gasteiger partial charge in [-0.15, -0.1) is 0 Å². The number of carbonyl (C=O) groups excluding carboxylic acids is 4. The lowest BCUT2D eigenvalue weighted by Crippen LogP contribution is -2.64. The van der Waals surface area contributed by atoms with E-state index in [1.807, 2.05) is 26.8 Å². The topological polar surface area (TPSA) is 158 Å². The molecule has 0 unspecified atom stereocenters. The van der Waals surface area contributed by atoms with E-state index in [-0.39, 0.29) is 56.0 Å². The predicted molar refractivity (Wildman–Crippen MR) is 207 cm³/mol. The van der Waals surface area contributed by atoms with Crippen molar-refractivity contribution in [2.45, 2.75) is 167 Å². The summed E-state index contributed by atoms with van der Waals surface area (Å²) in [5.74, 6) is -5.96. The van der Waals surface area contributed by atoms with Gasteiger partial charge in [0.25, 0.3) is 11.7 Å². The molecule has 312 valence electrons. The molecule has 2 saturated heterocycles. The number of hydrogen-bond donors (Lipinski definition) is 2. The number of fused-ring (bicyclic) bond motifs is 3. The van der Waals surface area contributed by atoms with E-state index >= 15 is 0 Å². The molecule has 2 bridgehead atoms. The molecule has 2 N–H and O–H groups in total. The summed E-state index contributed by atoms with van der Waals surface area (Å²) in [4.78, 5) is 57.4. The molecule has 4 aliphatic rings. The van der Waals surface area contributed by atoms with Crippen LogP contribution in [0.1, 0.15) is 119 Å². The maximum absolute atomic E-state index is 14.2. The minimum atomic E-state index is -2.48. The van der Waals surface area contributed by atoms with Gasteiger partial charge in [0.1, 0.15) is 24.0 Å². The van der Waals surface area contributed by atoms with Crippen molar-refractivity contribution in [1.82, 2.24) is 4.90 Å². The Morgan fingerprint density at radius 2 is 1.60 bits per heavy atom. The number of ether oxygens (including phenoxy) is 5. The van der Waals surface area contributed by atoms with Crippen molar-refractivity contribution in [2.75, 3.05) is 27.9 Å². The van der Waals surface area contributed by atoms with E-state index in [2.05, 4.69) is 19.9 Å². The normalized spacial score (nSPS) is 40.7. The first-order chi connectivity index (χ1) is 26.1. The SMILES string of the molecule is CC[C@@H]1/C=C(\C)C[C@H](C)C[C@H](OC)[C@H]2O[C@@](O)(C(=O)C(=O)N3CCCC[C@H]3C(=O)O[C@H](/C(C)=C/[C@@H]3CC[C@H](C)[C@H](OC)C3)C[C@@H](O)CC1=O)[C@H](C)C[C@@H]2OC. The van der Waals surface area contributed by atoms with Crippen LogP contribution >= 0.6 is 0 Å². The Labute approximate surface area is 328 Å². The van der Waals surface area contributed by atoms with Crippen LogP contribution in [0.3, 0.4) is 0 Å². The number of esters is 1. The summed E-state index contributed by atoms with van der Waals surface area (Å²) in [5, 5.41) is 23.4. The number of aliphatic hydroxyl groups excluding tert-OH is 1. The molecule has 1 aliphatic carbocycles. The molecule has 0 aromatic rings.